The Kier molecular flexibility index (Phi) is 6.25. The number of hydrogen-bond donors (Lipinski definition) is 1. The average Bonchev–Trinajstić information content (AvgIpc) is 3.40. The number of para-hydroxylation sites is 1. The quantitative estimate of drug-likeness (QED) is 0.404. The number of halogens is 2. The van der Waals surface area contributed by atoms with Gasteiger partial charge in [-0.1, -0.05) is 47.5 Å². The molecule has 1 N–H and O–H groups in total. The van der Waals surface area contributed by atoms with Crippen LogP contribution in [0.3, 0.4) is 0 Å². The fourth-order valence-electron chi connectivity index (χ4n) is 2.88. The van der Waals surface area contributed by atoms with E-state index in [0.29, 0.717) is 22.4 Å². The Morgan fingerprint density at radius 2 is 1.87 bits per heavy atom. The van der Waals surface area contributed by atoms with Crippen molar-refractivity contribution in [3.05, 3.63) is 93.6 Å². The average molecular weight is 457 g/mol. The van der Waals surface area contributed by atoms with E-state index in [1.165, 1.54) is 11.0 Å². The van der Waals surface area contributed by atoms with E-state index in [9.17, 15) is 4.79 Å². The van der Waals surface area contributed by atoms with E-state index in [-0.39, 0.29) is 18.3 Å². The van der Waals surface area contributed by atoms with Gasteiger partial charge in [-0.15, -0.1) is 5.10 Å². The van der Waals surface area contributed by atoms with E-state index >= 15 is 0 Å². The van der Waals surface area contributed by atoms with E-state index < -0.39 is 5.91 Å². The Morgan fingerprint density at radius 1 is 1.10 bits per heavy atom. The minimum absolute atomic E-state index is 0.133. The largest absolute Gasteiger partial charge is 0.485 e. The van der Waals surface area contributed by atoms with Gasteiger partial charge in [0.1, 0.15) is 24.4 Å². The summed E-state index contributed by atoms with van der Waals surface area (Å²) in [5, 5.41) is 7.91. The van der Waals surface area contributed by atoms with Crippen molar-refractivity contribution in [3.8, 4) is 5.75 Å². The second kappa shape index (κ2) is 9.24. The summed E-state index contributed by atoms with van der Waals surface area (Å²) in [6, 6.07) is 16.2. The predicted octanol–water partition coefficient (Wildman–Crippen LogP) is 5.37. The maximum Gasteiger partial charge on any atom is 0.293 e. The van der Waals surface area contributed by atoms with Crippen molar-refractivity contribution >= 4 is 35.1 Å². The number of anilines is 1. The molecule has 0 aliphatic heterocycles. The molecule has 0 spiro atoms. The van der Waals surface area contributed by atoms with Crippen molar-refractivity contribution in [2.45, 2.75) is 20.1 Å². The number of benzene rings is 2. The molecule has 2 heterocycles. The third kappa shape index (κ3) is 5.07. The summed E-state index contributed by atoms with van der Waals surface area (Å²) in [5.41, 5.74) is 1.74. The van der Waals surface area contributed by atoms with Gasteiger partial charge in [0, 0.05) is 15.6 Å². The molecule has 158 valence electrons. The van der Waals surface area contributed by atoms with Crippen LogP contribution in [0.15, 0.2) is 65.3 Å². The molecule has 0 saturated carbocycles. The number of furan rings is 1. The number of aryl methyl sites for hydroxylation is 1. The Hall–Kier alpha value is -3.29. The van der Waals surface area contributed by atoms with Gasteiger partial charge < -0.3 is 9.15 Å². The third-order valence-electron chi connectivity index (χ3n) is 4.49. The molecule has 31 heavy (non-hydrogen) atoms. The number of carbonyl (C=O) groups is 1. The SMILES string of the molecule is Cc1ccccc1OCc1ccc(C(=O)Nc2ncn(Cc3c(Cl)cccc3Cl)n2)o1. The first-order chi connectivity index (χ1) is 15.0. The highest BCUT2D eigenvalue weighted by molar-refractivity contribution is 6.35. The normalized spacial score (nSPS) is 10.8. The highest BCUT2D eigenvalue weighted by atomic mass is 35.5. The molecular weight excluding hydrogens is 439 g/mol. The number of carbonyl (C=O) groups excluding carboxylic acids is 1. The summed E-state index contributed by atoms with van der Waals surface area (Å²) in [5.74, 6) is 1.10. The van der Waals surface area contributed by atoms with Gasteiger partial charge in [-0.2, -0.15) is 0 Å². The van der Waals surface area contributed by atoms with Crippen LogP contribution in [0, 0.1) is 6.92 Å². The van der Waals surface area contributed by atoms with Crippen LogP contribution in [0.4, 0.5) is 5.95 Å². The van der Waals surface area contributed by atoms with Gasteiger partial charge in [-0.3, -0.25) is 10.1 Å². The number of amides is 1. The Labute approximate surface area is 188 Å². The molecule has 2 aromatic carbocycles. The van der Waals surface area contributed by atoms with Crippen LogP contribution in [-0.2, 0) is 13.2 Å². The second-order valence-electron chi connectivity index (χ2n) is 6.74. The molecule has 0 bridgehead atoms. The summed E-state index contributed by atoms with van der Waals surface area (Å²) in [6.45, 7) is 2.49. The zero-order chi connectivity index (χ0) is 21.8. The summed E-state index contributed by atoms with van der Waals surface area (Å²) in [7, 11) is 0. The number of rotatable bonds is 7. The smallest absolute Gasteiger partial charge is 0.293 e. The van der Waals surface area contributed by atoms with Crippen LogP contribution in [0.25, 0.3) is 0 Å². The number of nitrogens with zero attached hydrogens (tertiary/aromatic N) is 3. The monoisotopic (exact) mass is 456 g/mol. The molecule has 4 rings (SSSR count). The van der Waals surface area contributed by atoms with Crippen molar-refractivity contribution in [2.75, 3.05) is 5.32 Å². The van der Waals surface area contributed by atoms with E-state index in [1.54, 1.807) is 30.3 Å². The van der Waals surface area contributed by atoms with Crippen molar-refractivity contribution in [1.82, 2.24) is 14.8 Å². The van der Waals surface area contributed by atoms with Crippen molar-refractivity contribution in [3.63, 3.8) is 0 Å². The van der Waals surface area contributed by atoms with E-state index in [4.69, 9.17) is 32.4 Å². The first kappa shape index (κ1) is 21.0. The summed E-state index contributed by atoms with van der Waals surface area (Å²) >= 11 is 12.4. The lowest BCUT2D eigenvalue weighted by molar-refractivity contribution is 0.0991. The molecule has 9 heteroatoms. The summed E-state index contributed by atoms with van der Waals surface area (Å²) in [4.78, 5) is 16.6. The van der Waals surface area contributed by atoms with Crippen molar-refractivity contribution in [1.29, 1.82) is 0 Å². The van der Waals surface area contributed by atoms with Crippen LogP contribution in [0.2, 0.25) is 10.0 Å². The summed E-state index contributed by atoms with van der Waals surface area (Å²) in [6.07, 6.45) is 1.48. The third-order valence-corrected chi connectivity index (χ3v) is 5.20. The van der Waals surface area contributed by atoms with Crippen LogP contribution in [-0.4, -0.2) is 20.7 Å². The standard InChI is InChI=1S/C22H18Cl2N4O3/c1-14-5-2-3-8-19(14)30-12-15-9-10-20(31-15)21(29)26-22-25-13-28(27-22)11-16-17(23)6-4-7-18(16)24/h2-10,13H,11-12H2,1H3,(H,26,27,29). The molecule has 0 unspecified atom stereocenters. The van der Waals surface area contributed by atoms with E-state index in [0.717, 1.165) is 16.9 Å². The minimum Gasteiger partial charge on any atom is -0.485 e. The number of nitrogens with one attached hydrogen (secondary N) is 1. The lowest BCUT2D eigenvalue weighted by Crippen LogP contribution is -2.12. The molecule has 0 atom stereocenters. The fourth-order valence-corrected chi connectivity index (χ4v) is 3.40. The zero-order valence-corrected chi connectivity index (χ0v) is 18.0. The molecule has 0 fully saturated rings. The molecule has 1 amide bonds. The fraction of sp³-hybridized carbons (Fsp3) is 0.136. The van der Waals surface area contributed by atoms with Gasteiger partial charge in [0.15, 0.2) is 5.76 Å². The van der Waals surface area contributed by atoms with Crippen molar-refractivity contribution in [2.24, 2.45) is 0 Å². The number of aromatic nitrogens is 3. The topological polar surface area (TPSA) is 82.2 Å². The molecule has 2 aromatic heterocycles. The molecule has 0 saturated heterocycles. The van der Waals surface area contributed by atoms with Crippen LogP contribution < -0.4 is 10.1 Å². The molecule has 7 nitrogen and oxygen atoms in total. The van der Waals surface area contributed by atoms with Gasteiger partial charge >= 0.3 is 0 Å². The Morgan fingerprint density at radius 3 is 2.65 bits per heavy atom. The predicted molar refractivity (Wildman–Crippen MR) is 118 cm³/mol. The van der Waals surface area contributed by atoms with Gasteiger partial charge in [0.2, 0.25) is 5.95 Å². The zero-order valence-electron chi connectivity index (χ0n) is 16.5. The molecule has 0 radical (unpaired) electrons. The molecular formula is C22H18Cl2N4O3. The number of hydrogen-bond acceptors (Lipinski definition) is 5. The number of ether oxygens (including phenoxy) is 1. The summed E-state index contributed by atoms with van der Waals surface area (Å²) < 4.78 is 12.9. The van der Waals surface area contributed by atoms with E-state index in [1.807, 2.05) is 31.2 Å². The van der Waals surface area contributed by atoms with Gasteiger partial charge in [-0.05, 0) is 42.8 Å². The van der Waals surface area contributed by atoms with Crippen molar-refractivity contribution < 1.29 is 13.9 Å². The highest BCUT2D eigenvalue weighted by Crippen LogP contribution is 2.25. The Balaban J connectivity index is 1.36. The lowest BCUT2D eigenvalue weighted by atomic mass is 10.2. The van der Waals surface area contributed by atoms with Crippen LogP contribution >= 0.6 is 23.2 Å². The first-order valence-corrected chi connectivity index (χ1v) is 10.2. The van der Waals surface area contributed by atoms with Crippen LogP contribution in [0.5, 0.6) is 5.75 Å². The molecule has 4 aromatic rings. The highest BCUT2D eigenvalue weighted by Gasteiger charge is 2.15. The first-order valence-electron chi connectivity index (χ1n) is 9.40. The van der Waals surface area contributed by atoms with Gasteiger partial charge in [0.25, 0.3) is 5.91 Å². The maximum atomic E-state index is 12.5. The Bertz CT molecular complexity index is 1200. The van der Waals surface area contributed by atoms with Gasteiger partial charge in [-0.25, -0.2) is 9.67 Å². The van der Waals surface area contributed by atoms with E-state index in [2.05, 4.69) is 15.4 Å². The van der Waals surface area contributed by atoms with Crippen LogP contribution in [0.1, 0.15) is 27.4 Å². The molecule has 0 aliphatic carbocycles. The van der Waals surface area contributed by atoms with Gasteiger partial charge in [0.05, 0.1) is 6.54 Å². The maximum absolute atomic E-state index is 12.5. The second-order valence-corrected chi connectivity index (χ2v) is 7.55. The minimum atomic E-state index is -0.462. The molecule has 0 aliphatic rings. The lowest BCUT2D eigenvalue weighted by Gasteiger charge is -2.06.